The first kappa shape index (κ1) is 16.1. The molecule has 22 heavy (non-hydrogen) atoms. The second kappa shape index (κ2) is 6.69. The van der Waals surface area contributed by atoms with Gasteiger partial charge in [-0.05, 0) is 34.7 Å². The third kappa shape index (κ3) is 3.70. The molecule has 118 valence electrons. The van der Waals surface area contributed by atoms with Crippen LogP contribution in [-0.4, -0.2) is 36.9 Å². The average Bonchev–Trinajstić information content (AvgIpc) is 3.04. The SMILES string of the molecule is Cc1cc([N+](=O)[O-])nn1C(C)C(=O)NCCn1cc(Br)cn1. The largest absolute Gasteiger partial charge is 0.390 e. The number of nitrogens with zero attached hydrogens (tertiary/aromatic N) is 5. The van der Waals surface area contributed by atoms with E-state index in [1.54, 1.807) is 30.9 Å². The smallest absolute Gasteiger partial charge is 0.358 e. The van der Waals surface area contributed by atoms with Gasteiger partial charge in [-0.15, -0.1) is 0 Å². The Kier molecular flexibility index (Phi) is 4.91. The Labute approximate surface area is 134 Å². The first-order valence-corrected chi connectivity index (χ1v) is 7.34. The molecule has 9 nitrogen and oxygen atoms in total. The minimum absolute atomic E-state index is 0.257. The van der Waals surface area contributed by atoms with Crippen molar-refractivity contribution in [3.05, 3.63) is 38.7 Å². The van der Waals surface area contributed by atoms with Gasteiger partial charge in [-0.1, -0.05) is 0 Å². The van der Waals surface area contributed by atoms with Crippen molar-refractivity contribution in [2.45, 2.75) is 26.4 Å². The molecule has 10 heteroatoms. The van der Waals surface area contributed by atoms with Crippen molar-refractivity contribution in [2.75, 3.05) is 6.54 Å². The highest BCUT2D eigenvalue weighted by molar-refractivity contribution is 9.10. The number of carbonyl (C=O) groups excluding carboxylic acids is 1. The lowest BCUT2D eigenvalue weighted by atomic mass is 10.3. The summed E-state index contributed by atoms with van der Waals surface area (Å²) in [6.45, 7) is 4.25. The summed E-state index contributed by atoms with van der Waals surface area (Å²) in [6, 6.07) is 0.712. The molecular weight excluding hydrogens is 356 g/mol. The molecule has 1 unspecified atom stereocenters. The molecule has 0 aromatic carbocycles. The monoisotopic (exact) mass is 370 g/mol. The Morgan fingerprint density at radius 3 is 2.86 bits per heavy atom. The minimum Gasteiger partial charge on any atom is -0.358 e. The van der Waals surface area contributed by atoms with Gasteiger partial charge in [0.25, 0.3) is 0 Å². The van der Waals surface area contributed by atoms with Crippen LogP contribution in [0.1, 0.15) is 18.7 Å². The fourth-order valence-corrected chi connectivity index (χ4v) is 2.29. The van der Waals surface area contributed by atoms with Crippen molar-refractivity contribution >= 4 is 27.7 Å². The predicted molar refractivity (Wildman–Crippen MR) is 81.3 cm³/mol. The number of aromatic nitrogens is 4. The van der Waals surface area contributed by atoms with Gasteiger partial charge in [0.05, 0.1) is 34.1 Å². The zero-order valence-electron chi connectivity index (χ0n) is 12.1. The van der Waals surface area contributed by atoms with Gasteiger partial charge in [0.2, 0.25) is 5.91 Å². The first-order valence-electron chi connectivity index (χ1n) is 6.54. The molecule has 0 saturated carbocycles. The normalized spacial score (nSPS) is 12.1. The Hall–Kier alpha value is -2.23. The molecule has 1 atom stereocenters. The molecule has 1 amide bonds. The first-order chi connectivity index (χ1) is 10.4. The number of hydrogen-bond acceptors (Lipinski definition) is 5. The molecule has 0 fully saturated rings. The number of rotatable bonds is 6. The van der Waals surface area contributed by atoms with Crippen molar-refractivity contribution in [3.8, 4) is 0 Å². The number of halogens is 1. The van der Waals surface area contributed by atoms with Gasteiger partial charge in [0.15, 0.2) is 0 Å². The Balaban J connectivity index is 1.93. The van der Waals surface area contributed by atoms with Crippen molar-refractivity contribution < 1.29 is 9.72 Å². The Morgan fingerprint density at radius 1 is 1.59 bits per heavy atom. The van der Waals surface area contributed by atoms with Crippen LogP contribution in [0.2, 0.25) is 0 Å². The lowest BCUT2D eigenvalue weighted by Gasteiger charge is -2.11. The summed E-state index contributed by atoms with van der Waals surface area (Å²) < 4.78 is 3.91. The Morgan fingerprint density at radius 2 is 2.32 bits per heavy atom. The molecule has 2 aromatic heterocycles. The van der Waals surface area contributed by atoms with Gasteiger partial charge in [-0.3, -0.25) is 9.48 Å². The van der Waals surface area contributed by atoms with Gasteiger partial charge >= 0.3 is 5.82 Å². The summed E-state index contributed by atoms with van der Waals surface area (Å²) in [5.41, 5.74) is 0.561. The van der Waals surface area contributed by atoms with Crippen LogP contribution < -0.4 is 5.32 Å². The molecule has 2 heterocycles. The maximum Gasteiger partial charge on any atom is 0.390 e. The van der Waals surface area contributed by atoms with E-state index in [-0.39, 0.29) is 11.7 Å². The molecule has 0 bridgehead atoms. The molecule has 2 rings (SSSR count). The van der Waals surface area contributed by atoms with E-state index in [2.05, 4.69) is 31.4 Å². The summed E-state index contributed by atoms with van der Waals surface area (Å²) in [4.78, 5) is 22.2. The van der Waals surface area contributed by atoms with Crippen LogP contribution in [-0.2, 0) is 11.3 Å². The molecule has 0 aliphatic carbocycles. The zero-order valence-corrected chi connectivity index (χ0v) is 13.6. The molecule has 2 aromatic rings. The third-order valence-corrected chi connectivity index (χ3v) is 3.49. The van der Waals surface area contributed by atoms with E-state index in [4.69, 9.17) is 0 Å². The van der Waals surface area contributed by atoms with E-state index in [0.29, 0.717) is 18.8 Å². The van der Waals surface area contributed by atoms with Crippen LogP contribution in [0.5, 0.6) is 0 Å². The third-order valence-electron chi connectivity index (χ3n) is 3.08. The summed E-state index contributed by atoms with van der Waals surface area (Å²) in [5, 5.41) is 21.4. The molecule has 0 spiro atoms. The van der Waals surface area contributed by atoms with E-state index >= 15 is 0 Å². The van der Waals surface area contributed by atoms with E-state index in [9.17, 15) is 14.9 Å². The molecule has 0 saturated heterocycles. The van der Waals surface area contributed by atoms with Crippen molar-refractivity contribution in [1.29, 1.82) is 0 Å². The highest BCUT2D eigenvalue weighted by Crippen LogP contribution is 2.16. The topological polar surface area (TPSA) is 108 Å². The van der Waals surface area contributed by atoms with E-state index in [1.807, 2.05) is 0 Å². The fourth-order valence-electron chi connectivity index (χ4n) is 1.97. The van der Waals surface area contributed by atoms with Gasteiger partial charge in [0, 0.05) is 12.7 Å². The lowest BCUT2D eigenvalue weighted by Crippen LogP contribution is -2.34. The second-order valence-electron chi connectivity index (χ2n) is 4.73. The lowest BCUT2D eigenvalue weighted by molar-refractivity contribution is -0.389. The highest BCUT2D eigenvalue weighted by atomic mass is 79.9. The molecule has 1 N–H and O–H groups in total. The van der Waals surface area contributed by atoms with Crippen LogP contribution in [0.4, 0.5) is 5.82 Å². The summed E-state index contributed by atoms with van der Waals surface area (Å²) in [7, 11) is 0. The fraction of sp³-hybridized carbons (Fsp3) is 0.417. The molecule has 0 aliphatic heterocycles. The van der Waals surface area contributed by atoms with Crippen molar-refractivity contribution in [2.24, 2.45) is 0 Å². The standard InChI is InChI=1S/C12H15BrN6O3/c1-8-5-11(19(21)22)16-18(8)9(2)12(20)14-3-4-17-7-10(13)6-15-17/h5-7,9H,3-4H2,1-2H3,(H,14,20). The van der Waals surface area contributed by atoms with Crippen LogP contribution in [0.15, 0.2) is 22.9 Å². The van der Waals surface area contributed by atoms with E-state index in [0.717, 1.165) is 4.47 Å². The van der Waals surface area contributed by atoms with Crippen LogP contribution >= 0.6 is 15.9 Å². The van der Waals surface area contributed by atoms with Crippen LogP contribution in [0, 0.1) is 17.0 Å². The molecular formula is C12H15BrN6O3. The summed E-state index contributed by atoms with van der Waals surface area (Å²) >= 11 is 3.29. The maximum absolute atomic E-state index is 12.1. The van der Waals surface area contributed by atoms with Crippen LogP contribution in [0.25, 0.3) is 0 Å². The van der Waals surface area contributed by atoms with Gasteiger partial charge in [0.1, 0.15) is 6.04 Å². The highest BCUT2D eigenvalue weighted by Gasteiger charge is 2.24. The average molecular weight is 371 g/mol. The minimum atomic E-state index is -0.627. The molecule has 0 radical (unpaired) electrons. The van der Waals surface area contributed by atoms with Crippen molar-refractivity contribution in [3.63, 3.8) is 0 Å². The second-order valence-corrected chi connectivity index (χ2v) is 5.65. The zero-order chi connectivity index (χ0) is 16.3. The number of aryl methyl sites for hydroxylation is 1. The van der Waals surface area contributed by atoms with Gasteiger partial charge in [-0.25, -0.2) is 0 Å². The summed E-state index contributed by atoms with van der Waals surface area (Å²) in [5.74, 6) is -0.522. The maximum atomic E-state index is 12.1. The Bertz CT molecular complexity index is 695. The predicted octanol–water partition coefficient (Wildman–Crippen LogP) is 1.44. The summed E-state index contributed by atoms with van der Waals surface area (Å²) in [6.07, 6.45) is 3.47. The molecule has 0 aliphatic rings. The van der Waals surface area contributed by atoms with E-state index < -0.39 is 11.0 Å². The number of amides is 1. The quantitative estimate of drug-likeness (QED) is 0.611. The van der Waals surface area contributed by atoms with Gasteiger partial charge in [-0.2, -0.15) is 9.78 Å². The number of nitro groups is 1. The number of hydrogen-bond donors (Lipinski definition) is 1. The van der Waals surface area contributed by atoms with Gasteiger partial charge < -0.3 is 15.4 Å². The van der Waals surface area contributed by atoms with Crippen LogP contribution in [0.3, 0.4) is 0 Å². The van der Waals surface area contributed by atoms with E-state index in [1.165, 1.54) is 10.7 Å². The number of nitrogens with one attached hydrogen (secondary N) is 1. The van der Waals surface area contributed by atoms with Crippen molar-refractivity contribution in [1.82, 2.24) is 24.9 Å². The number of carbonyl (C=O) groups is 1.